The number of hydrogen-bond donors (Lipinski definition) is 0. The maximum Gasteiger partial charge on any atom is 0.269 e. The van der Waals surface area contributed by atoms with Gasteiger partial charge in [-0.25, -0.2) is 0 Å². The highest BCUT2D eigenvalue weighted by atomic mass is 79.9. The average Bonchev–Trinajstić information content (AvgIpc) is 2.40. The Balaban J connectivity index is 2.36. The Hall–Kier alpha value is -1.86. The molecule has 0 aromatic heterocycles. The molecule has 0 heterocycles. The summed E-state index contributed by atoms with van der Waals surface area (Å²) in [7, 11) is 0. The Morgan fingerprint density at radius 2 is 2.28 bits per heavy atom. The zero-order valence-electron chi connectivity index (χ0n) is 9.47. The SMILES string of the molecule is C#CC1=CCC(Br)(c2cccc([N+](=O)[O-])c2)C=C1. The molecule has 0 saturated carbocycles. The lowest BCUT2D eigenvalue weighted by Gasteiger charge is -2.25. The van der Waals surface area contributed by atoms with E-state index >= 15 is 0 Å². The summed E-state index contributed by atoms with van der Waals surface area (Å²) in [6, 6.07) is 6.61. The number of terminal acetylenes is 1. The predicted molar refractivity (Wildman–Crippen MR) is 74.4 cm³/mol. The fourth-order valence-corrected chi connectivity index (χ4v) is 2.36. The molecule has 0 saturated heterocycles. The van der Waals surface area contributed by atoms with Gasteiger partial charge >= 0.3 is 0 Å². The Kier molecular flexibility index (Phi) is 3.35. The zero-order chi connectivity index (χ0) is 13.2. The number of hydrogen-bond acceptors (Lipinski definition) is 2. The lowest BCUT2D eigenvalue weighted by atomic mass is 9.90. The van der Waals surface area contributed by atoms with Crippen LogP contribution in [0.15, 0.2) is 48.1 Å². The van der Waals surface area contributed by atoms with Crippen molar-refractivity contribution in [1.29, 1.82) is 0 Å². The van der Waals surface area contributed by atoms with E-state index in [1.54, 1.807) is 12.1 Å². The highest BCUT2D eigenvalue weighted by molar-refractivity contribution is 9.09. The molecule has 1 aromatic rings. The number of benzene rings is 1. The molecule has 0 radical (unpaired) electrons. The second kappa shape index (κ2) is 4.79. The Morgan fingerprint density at radius 1 is 1.50 bits per heavy atom. The first-order valence-electron chi connectivity index (χ1n) is 5.35. The normalized spacial score (nSPS) is 22.1. The summed E-state index contributed by atoms with van der Waals surface area (Å²) in [6.07, 6.45) is 11.7. The van der Waals surface area contributed by atoms with Gasteiger partial charge in [0.2, 0.25) is 0 Å². The van der Waals surface area contributed by atoms with Gasteiger partial charge in [0.15, 0.2) is 0 Å². The number of non-ortho nitro benzene ring substituents is 1. The Morgan fingerprint density at radius 3 is 2.83 bits per heavy atom. The van der Waals surface area contributed by atoms with Crippen LogP contribution in [-0.2, 0) is 4.32 Å². The van der Waals surface area contributed by atoms with E-state index in [0.29, 0.717) is 6.42 Å². The fourth-order valence-electron chi connectivity index (χ4n) is 1.82. The van der Waals surface area contributed by atoms with E-state index in [0.717, 1.165) is 11.1 Å². The summed E-state index contributed by atoms with van der Waals surface area (Å²) in [4.78, 5) is 10.4. The van der Waals surface area contributed by atoms with Crippen molar-refractivity contribution in [2.45, 2.75) is 10.7 Å². The second-order valence-corrected chi connectivity index (χ2v) is 5.43. The van der Waals surface area contributed by atoms with Gasteiger partial charge in [0.25, 0.3) is 5.69 Å². The second-order valence-electron chi connectivity index (χ2n) is 4.01. The lowest BCUT2D eigenvalue weighted by Crippen LogP contribution is -2.16. The maximum absolute atomic E-state index is 10.8. The monoisotopic (exact) mass is 303 g/mol. The third-order valence-corrected chi connectivity index (χ3v) is 3.90. The van der Waals surface area contributed by atoms with Crippen molar-refractivity contribution in [2.24, 2.45) is 0 Å². The molecule has 0 spiro atoms. The van der Waals surface area contributed by atoms with Gasteiger partial charge in [-0.05, 0) is 18.1 Å². The third-order valence-electron chi connectivity index (χ3n) is 2.85. The van der Waals surface area contributed by atoms with Gasteiger partial charge in [0.05, 0.1) is 9.25 Å². The lowest BCUT2D eigenvalue weighted by molar-refractivity contribution is -0.384. The van der Waals surface area contributed by atoms with E-state index in [4.69, 9.17) is 6.42 Å². The number of halogens is 1. The topological polar surface area (TPSA) is 43.1 Å². The molecule has 4 heteroatoms. The van der Waals surface area contributed by atoms with Crippen molar-refractivity contribution in [3.8, 4) is 12.3 Å². The minimum Gasteiger partial charge on any atom is -0.258 e. The van der Waals surface area contributed by atoms with Crippen LogP contribution >= 0.6 is 15.9 Å². The summed E-state index contributed by atoms with van der Waals surface area (Å²) in [5.41, 5.74) is 1.77. The van der Waals surface area contributed by atoms with Crippen LogP contribution in [0.1, 0.15) is 12.0 Å². The largest absolute Gasteiger partial charge is 0.269 e. The molecular formula is C14H10BrNO2. The highest BCUT2D eigenvalue weighted by Crippen LogP contribution is 2.40. The van der Waals surface area contributed by atoms with Crippen LogP contribution in [0.3, 0.4) is 0 Å². The van der Waals surface area contributed by atoms with Gasteiger partial charge in [0, 0.05) is 17.7 Å². The standard InChI is InChI=1S/C14H10BrNO2/c1-2-11-6-8-14(15,9-7-11)12-4-3-5-13(10-12)16(17)18/h1,3-8,10H,9H2. The van der Waals surface area contributed by atoms with Crippen LogP contribution in [0.25, 0.3) is 0 Å². The van der Waals surface area contributed by atoms with Crippen molar-refractivity contribution < 1.29 is 4.92 Å². The van der Waals surface area contributed by atoms with Crippen LogP contribution in [0.4, 0.5) is 5.69 Å². The number of rotatable bonds is 2. The van der Waals surface area contributed by atoms with E-state index in [1.165, 1.54) is 6.07 Å². The van der Waals surface area contributed by atoms with Gasteiger partial charge in [0.1, 0.15) is 0 Å². The molecule has 18 heavy (non-hydrogen) atoms. The first-order chi connectivity index (χ1) is 8.55. The number of nitro benzene ring substituents is 1. The summed E-state index contributed by atoms with van der Waals surface area (Å²) in [5, 5.41) is 10.8. The summed E-state index contributed by atoms with van der Waals surface area (Å²) >= 11 is 3.62. The molecule has 0 fully saturated rings. The van der Waals surface area contributed by atoms with Crippen LogP contribution in [0.5, 0.6) is 0 Å². The van der Waals surface area contributed by atoms with Gasteiger partial charge < -0.3 is 0 Å². The van der Waals surface area contributed by atoms with Crippen molar-refractivity contribution in [3.63, 3.8) is 0 Å². The third kappa shape index (κ3) is 2.36. The minimum absolute atomic E-state index is 0.0893. The van der Waals surface area contributed by atoms with Crippen LogP contribution < -0.4 is 0 Å². The van der Waals surface area contributed by atoms with Gasteiger partial charge in [-0.15, -0.1) is 6.42 Å². The zero-order valence-corrected chi connectivity index (χ0v) is 11.1. The van der Waals surface area contributed by atoms with Crippen molar-refractivity contribution >= 4 is 21.6 Å². The van der Waals surface area contributed by atoms with Crippen molar-refractivity contribution in [1.82, 2.24) is 0 Å². The number of allylic oxidation sites excluding steroid dienone is 4. The van der Waals surface area contributed by atoms with E-state index in [2.05, 4.69) is 21.9 Å². The predicted octanol–water partition coefficient (Wildman–Crippen LogP) is 3.70. The first-order valence-corrected chi connectivity index (χ1v) is 6.14. The van der Waals surface area contributed by atoms with E-state index in [9.17, 15) is 10.1 Å². The van der Waals surface area contributed by atoms with E-state index in [-0.39, 0.29) is 5.69 Å². The first kappa shape index (κ1) is 12.6. The molecule has 1 atom stereocenters. The summed E-state index contributed by atoms with van der Waals surface area (Å²) in [6.45, 7) is 0. The molecule has 90 valence electrons. The van der Waals surface area contributed by atoms with Crippen LogP contribution in [0.2, 0.25) is 0 Å². The Labute approximate surface area is 113 Å². The fraction of sp³-hybridized carbons (Fsp3) is 0.143. The van der Waals surface area contributed by atoms with Gasteiger partial charge in [-0.3, -0.25) is 10.1 Å². The number of nitro groups is 1. The molecule has 2 rings (SSSR count). The molecule has 3 nitrogen and oxygen atoms in total. The van der Waals surface area contributed by atoms with Crippen molar-refractivity contribution in [2.75, 3.05) is 0 Å². The molecule has 1 aromatic carbocycles. The van der Waals surface area contributed by atoms with Crippen molar-refractivity contribution in [3.05, 3.63) is 63.7 Å². The molecular weight excluding hydrogens is 294 g/mol. The molecule has 0 amide bonds. The molecule has 1 unspecified atom stereocenters. The average molecular weight is 304 g/mol. The smallest absolute Gasteiger partial charge is 0.258 e. The minimum atomic E-state index is -0.417. The molecule has 0 aliphatic heterocycles. The quantitative estimate of drug-likeness (QED) is 0.362. The summed E-state index contributed by atoms with van der Waals surface area (Å²) in [5.74, 6) is 2.57. The number of alkyl halides is 1. The van der Waals surface area contributed by atoms with Crippen LogP contribution in [-0.4, -0.2) is 4.92 Å². The number of nitrogens with zero attached hydrogens (tertiary/aromatic N) is 1. The molecule has 0 bridgehead atoms. The van der Waals surface area contributed by atoms with Gasteiger partial charge in [-0.2, -0.15) is 0 Å². The highest BCUT2D eigenvalue weighted by Gasteiger charge is 2.28. The summed E-state index contributed by atoms with van der Waals surface area (Å²) < 4.78 is -0.417. The molecule has 1 aliphatic rings. The van der Waals surface area contributed by atoms with Gasteiger partial charge in [-0.1, -0.05) is 46.1 Å². The van der Waals surface area contributed by atoms with E-state index in [1.807, 2.05) is 24.3 Å². The van der Waals surface area contributed by atoms with Crippen LogP contribution in [0, 0.1) is 22.5 Å². The molecule has 1 aliphatic carbocycles. The van der Waals surface area contributed by atoms with E-state index < -0.39 is 9.25 Å². The Bertz CT molecular complexity index is 598. The molecule has 0 N–H and O–H groups in total. The maximum atomic E-state index is 10.8.